The molecule has 3 rings (SSSR count). The van der Waals surface area contributed by atoms with Crippen molar-refractivity contribution in [1.29, 1.82) is 0 Å². The van der Waals surface area contributed by atoms with Gasteiger partial charge in [-0.3, -0.25) is 4.79 Å². The molecule has 0 spiro atoms. The third-order valence-electron chi connectivity index (χ3n) is 4.13. The number of Topliss-reactive ketones (excluding diaryl/α,β-unsaturated/α-hetero) is 1. The lowest BCUT2D eigenvalue weighted by Gasteiger charge is -2.10. The van der Waals surface area contributed by atoms with Crippen LogP contribution in [0.1, 0.15) is 30.0 Å². The van der Waals surface area contributed by atoms with E-state index in [1.807, 2.05) is 66.7 Å². The zero-order chi connectivity index (χ0) is 19.1. The van der Waals surface area contributed by atoms with E-state index in [0.717, 1.165) is 31.6 Å². The Morgan fingerprint density at radius 2 is 1.63 bits per heavy atom. The van der Waals surface area contributed by atoms with Gasteiger partial charge in [0.1, 0.15) is 18.1 Å². The lowest BCUT2D eigenvalue weighted by molar-refractivity contribution is -0.116. The van der Waals surface area contributed by atoms with E-state index in [1.165, 1.54) is 0 Å². The lowest BCUT2D eigenvalue weighted by atomic mass is 9.98. The smallest absolute Gasteiger partial charge is 0.134 e. The van der Waals surface area contributed by atoms with E-state index in [-0.39, 0.29) is 5.78 Å². The molecule has 2 nitrogen and oxygen atoms in total. The molecule has 136 valence electrons. The second-order valence-corrected chi connectivity index (χ2v) is 7.53. The van der Waals surface area contributed by atoms with Gasteiger partial charge in [0.15, 0.2) is 0 Å². The molecule has 0 amide bonds. The van der Waals surface area contributed by atoms with Crippen molar-refractivity contribution >= 4 is 40.0 Å². The molecule has 0 bridgehead atoms. The van der Waals surface area contributed by atoms with Crippen LogP contribution in [0.5, 0.6) is 5.75 Å². The SMILES string of the molecule is CC(=O)CC(=Cc1ccc(OCc2ccccc2)cc1I)c1ccccc1. The van der Waals surface area contributed by atoms with Gasteiger partial charge in [0.2, 0.25) is 0 Å². The molecule has 0 unspecified atom stereocenters. The topological polar surface area (TPSA) is 26.3 Å². The molecule has 0 atom stereocenters. The quantitative estimate of drug-likeness (QED) is 0.297. The summed E-state index contributed by atoms with van der Waals surface area (Å²) in [5.74, 6) is 0.996. The maximum atomic E-state index is 11.7. The Morgan fingerprint density at radius 1 is 0.963 bits per heavy atom. The number of hydrogen-bond acceptors (Lipinski definition) is 2. The van der Waals surface area contributed by atoms with Gasteiger partial charge in [-0.2, -0.15) is 0 Å². The normalized spacial score (nSPS) is 11.3. The summed E-state index contributed by atoms with van der Waals surface area (Å²) in [6.45, 7) is 2.17. The highest BCUT2D eigenvalue weighted by molar-refractivity contribution is 14.1. The molecule has 0 radical (unpaired) electrons. The number of benzene rings is 3. The van der Waals surface area contributed by atoms with Crippen LogP contribution in [0.15, 0.2) is 78.9 Å². The largest absolute Gasteiger partial charge is 0.489 e. The molecule has 0 aliphatic carbocycles. The average Bonchev–Trinajstić information content (AvgIpc) is 2.69. The van der Waals surface area contributed by atoms with Gasteiger partial charge in [0.25, 0.3) is 0 Å². The minimum atomic E-state index is 0.155. The standard InChI is InChI=1S/C24H21IO2/c1-18(26)14-22(20-10-6-3-7-11-20)15-21-12-13-23(16-24(21)25)27-17-19-8-4-2-5-9-19/h2-13,15-16H,14,17H2,1H3. The van der Waals surface area contributed by atoms with E-state index in [0.29, 0.717) is 13.0 Å². The monoisotopic (exact) mass is 468 g/mol. The predicted molar refractivity (Wildman–Crippen MR) is 120 cm³/mol. The van der Waals surface area contributed by atoms with Gasteiger partial charge in [0, 0.05) is 9.99 Å². The van der Waals surface area contributed by atoms with Gasteiger partial charge in [0.05, 0.1) is 0 Å². The Hall–Kier alpha value is -2.40. The summed E-state index contributed by atoms with van der Waals surface area (Å²) in [5, 5.41) is 0. The number of hydrogen-bond donors (Lipinski definition) is 0. The van der Waals surface area contributed by atoms with Crippen molar-refractivity contribution in [2.24, 2.45) is 0 Å². The van der Waals surface area contributed by atoms with Crippen molar-refractivity contribution in [3.63, 3.8) is 0 Å². The van der Waals surface area contributed by atoms with Crippen LogP contribution >= 0.6 is 22.6 Å². The van der Waals surface area contributed by atoms with Crippen molar-refractivity contribution in [1.82, 2.24) is 0 Å². The van der Waals surface area contributed by atoms with Crippen LogP contribution < -0.4 is 4.74 Å². The summed E-state index contributed by atoms with van der Waals surface area (Å²) < 4.78 is 7.00. The molecular weight excluding hydrogens is 447 g/mol. The molecule has 0 heterocycles. The van der Waals surface area contributed by atoms with E-state index < -0.39 is 0 Å². The Balaban J connectivity index is 1.81. The zero-order valence-corrected chi connectivity index (χ0v) is 17.3. The van der Waals surface area contributed by atoms with Crippen molar-refractivity contribution in [3.05, 3.63) is 99.1 Å². The minimum Gasteiger partial charge on any atom is -0.489 e. The number of carbonyl (C=O) groups is 1. The highest BCUT2D eigenvalue weighted by atomic mass is 127. The first-order valence-corrected chi connectivity index (χ1v) is 9.91. The second-order valence-electron chi connectivity index (χ2n) is 6.37. The van der Waals surface area contributed by atoms with E-state index in [4.69, 9.17) is 4.74 Å². The van der Waals surface area contributed by atoms with E-state index in [2.05, 4.69) is 40.8 Å². The molecule has 0 saturated heterocycles. The molecule has 3 heteroatoms. The first kappa shape index (κ1) is 19.4. The maximum Gasteiger partial charge on any atom is 0.134 e. The number of ketones is 1. The van der Waals surface area contributed by atoms with Crippen LogP contribution in [0.3, 0.4) is 0 Å². The molecule has 0 aliphatic heterocycles. The van der Waals surface area contributed by atoms with Gasteiger partial charge in [-0.15, -0.1) is 0 Å². The summed E-state index contributed by atoms with van der Waals surface area (Å²) >= 11 is 2.32. The van der Waals surface area contributed by atoms with Crippen LogP contribution in [0.2, 0.25) is 0 Å². The van der Waals surface area contributed by atoms with Gasteiger partial charge in [-0.25, -0.2) is 0 Å². The Morgan fingerprint density at radius 3 is 2.26 bits per heavy atom. The molecule has 3 aromatic carbocycles. The molecule has 0 aromatic heterocycles. The number of carbonyl (C=O) groups excluding carboxylic acids is 1. The Labute approximate surface area is 174 Å². The van der Waals surface area contributed by atoms with Gasteiger partial charge in [-0.1, -0.05) is 66.7 Å². The van der Waals surface area contributed by atoms with Crippen molar-refractivity contribution < 1.29 is 9.53 Å². The van der Waals surface area contributed by atoms with Gasteiger partial charge >= 0.3 is 0 Å². The fourth-order valence-corrected chi connectivity index (χ4v) is 3.44. The predicted octanol–water partition coefficient (Wildman–Crippen LogP) is 6.39. The number of allylic oxidation sites excluding steroid dienone is 1. The number of halogens is 1. The first-order chi connectivity index (χ1) is 13.1. The number of rotatable bonds is 7. The highest BCUT2D eigenvalue weighted by Crippen LogP contribution is 2.27. The van der Waals surface area contributed by atoms with Crippen LogP contribution in [0.4, 0.5) is 0 Å². The fraction of sp³-hybridized carbons (Fsp3) is 0.125. The fourth-order valence-electron chi connectivity index (χ4n) is 2.80. The molecule has 0 aliphatic rings. The first-order valence-electron chi connectivity index (χ1n) is 8.83. The molecule has 0 fully saturated rings. The summed E-state index contributed by atoms with van der Waals surface area (Å²) in [4.78, 5) is 11.7. The van der Waals surface area contributed by atoms with E-state index in [1.54, 1.807) is 6.92 Å². The summed E-state index contributed by atoms with van der Waals surface area (Å²) in [5.41, 5.74) is 4.33. The van der Waals surface area contributed by atoms with Crippen molar-refractivity contribution in [3.8, 4) is 5.75 Å². The van der Waals surface area contributed by atoms with Crippen LogP contribution in [0, 0.1) is 3.57 Å². The van der Waals surface area contributed by atoms with Crippen LogP contribution in [-0.4, -0.2) is 5.78 Å². The minimum absolute atomic E-state index is 0.155. The average molecular weight is 468 g/mol. The second kappa shape index (κ2) is 9.51. The summed E-state index contributed by atoms with van der Waals surface area (Å²) in [6, 6.07) is 26.2. The zero-order valence-electron chi connectivity index (χ0n) is 15.2. The molecule has 27 heavy (non-hydrogen) atoms. The van der Waals surface area contributed by atoms with E-state index in [9.17, 15) is 4.79 Å². The molecule has 3 aromatic rings. The van der Waals surface area contributed by atoms with Crippen molar-refractivity contribution in [2.75, 3.05) is 0 Å². The third-order valence-corrected chi connectivity index (χ3v) is 5.07. The summed E-state index contributed by atoms with van der Waals surface area (Å²) in [6.07, 6.45) is 2.52. The lowest BCUT2D eigenvalue weighted by Crippen LogP contribution is -1.96. The molecule has 0 saturated carbocycles. The van der Waals surface area contributed by atoms with Gasteiger partial charge in [-0.05, 0) is 70.0 Å². The molecule has 0 N–H and O–H groups in total. The molecular formula is C24H21IO2. The van der Waals surface area contributed by atoms with Gasteiger partial charge < -0.3 is 4.74 Å². The van der Waals surface area contributed by atoms with E-state index >= 15 is 0 Å². The highest BCUT2D eigenvalue weighted by Gasteiger charge is 2.07. The Bertz CT molecular complexity index is 931. The third kappa shape index (κ3) is 5.79. The summed E-state index contributed by atoms with van der Waals surface area (Å²) in [7, 11) is 0. The van der Waals surface area contributed by atoms with Crippen LogP contribution in [-0.2, 0) is 11.4 Å². The maximum absolute atomic E-state index is 11.7. The number of ether oxygens (including phenoxy) is 1. The van der Waals surface area contributed by atoms with Crippen molar-refractivity contribution in [2.45, 2.75) is 20.0 Å². The van der Waals surface area contributed by atoms with Crippen LogP contribution in [0.25, 0.3) is 11.6 Å². The Kier molecular flexibility index (Phi) is 6.82.